The van der Waals surface area contributed by atoms with Crippen LogP contribution in [0.25, 0.3) is 0 Å². The Balaban J connectivity index is 1.34. The number of hydrogen-bond donors (Lipinski definition) is 1. The number of nitrogens with zero attached hydrogens (tertiary/aromatic N) is 2. The highest BCUT2D eigenvalue weighted by Crippen LogP contribution is 2.19. The van der Waals surface area contributed by atoms with Crippen LogP contribution < -0.4 is 14.8 Å². The van der Waals surface area contributed by atoms with Crippen LogP contribution in [0.4, 0.5) is 5.82 Å². The Morgan fingerprint density at radius 3 is 2.28 bits per heavy atom. The molecule has 162 valence electrons. The van der Waals surface area contributed by atoms with Crippen LogP contribution in [0.1, 0.15) is 27.2 Å². The van der Waals surface area contributed by atoms with Crippen LogP contribution in [-0.4, -0.2) is 22.8 Å². The first-order valence-electron chi connectivity index (χ1n) is 10.4. The van der Waals surface area contributed by atoms with Gasteiger partial charge < -0.3 is 14.8 Å². The molecule has 0 radical (unpaired) electrons. The maximum Gasteiger partial charge on any atom is 0.256 e. The number of carbonyl (C=O) groups excluding carboxylic acids is 1. The van der Waals surface area contributed by atoms with E-state index in [0.717, 1.165) is 28.3 Å². The number of benzene rings is 3. The molecule has 0 aliphatic heterocycles. The summed E-state index contributed by atoms with van der Waals surface area (Å²) in [6.07, 6.45) is 0. The van der Waals surface area contributed by atoms with Crippen molar-refractivity contribution >= 4 is 11.7 Å². The standard InChI is InChI=1S/C26H25N3O3/c1-19-16-25(28-29(19)17-20-6-4-3-5-7-20)27-26(30)22-10-8-21(9-11-22)18-32-24-14-12-23(31-2)13-15-24/h3-16H,17-18H2,1-2H3,(H,27,28,30). The third kappa shape index (κ3) is 5.35. The van der Waals surface area contributed by atoms with E-state index >= 15 is 0 Å². The zero-order valence-corrected chi connectivity index (χ0v) is 18.1. The number of ether oxygens (including phenoxy) is 2. The Morgan fingerprint density at radius 1 is 0.906 bits per heavy atom. The lowest BCUT2D eigenvalue weighted by atomic mass is 10.1. The molecular weight excluding hydrogens is 402 g/mol. The Hall–Kier alpha value is -4.06. The van der Waals surface area contributed by atoms with Crippen molar-refractivity contribution in [2.45, 2.75) is 20.1 Å². The first-order valence-corrected chi connectivity index (χ1v) is 10.4. The lowest BCUT2D eigenvalue weighted by Gasteiger charge is -2.08. The van der Waals surface area contributed by atoms with E-state index in [0.29, 0.717) is 24.5 Å². The molecule has 32 heavy (non-hydrogen) atoms. The summed E-state index contributed by atoms with van der Waals surface area (Å²) in [7, 11) is 1.63. The summed E-state index contributed by atoms with van der Waals surface area (Å²) in [6, 6.07) is 26.8. The monoisotopic (exact) mass is 427 g/mol. The zero-order valence-electron chi connectivity index (χ0n) is 18.1. The molecule has 1 heterocycles. The van der Waals surface area contributed by atoms with Gasteiger partial charge in [-0.1, -0.05) is 42.5 Å². The first kappa shape index (κ1) is 21.2. The third-order valence-electron chi connectivity index (χ3n) is 5.08. The molecule has 3 aromatic carbocycles. The Bertz CT molecular complexity index is 1170. The highest BCUT2D eigenvalue weighted by atomic mass is 16.5. The fraction of sp³-hybridized carbons (Fsp3) is 0.154. The van der Waals surface area contributed by atoms with Crippen molar-refractivity contribution in [3.8, 4) is 11.5 Å². The van der Waals surface area contributed by atoms with Gasteiger partial charge in [0.2, 0.25) is 0 Å². The second-order valence-corrected chi connectivity index (χ2v) is 7.43. The number of amides is 1. The third-order valence-corrected chi connectivity index (χ3v) is 5.08. The Kier molecular flexibility index (Phi) is 6.51. The van der Waals surface area contributed by atoms with Gasteiger partial charge in [0.25, 0.3) is 5.91 Å². The van der Waals surface area contributed by atoms with Gasteiger partial charge in [0.1, 0.15) is 18.1 Å². The molecule has 6 nitrogen and oxygen atoms in total. The van der Waals surface area contributed by atoms with Crippen LogP contribution in [0, 0.1) is 6.92 Å². The van der Waals surface area contributed by atoms with Crippen molar-refractivity contribution in [2.75, 3.05) is 12.4 Å². The lowest BCUT2D eigenvalue weighted by Crippen LogP contribution is -2.13. The summed E-state index contributed by atoms with van der Waals surface area (Å²) >= 11 is 0. The molecule has 1 N–H and O–H groups in total. The summed E-state index contributed by atoms with van der Waals surface area (Å²) in [4.78, 5) is 12.6. The van der Waals surface area contributed by atoms with Crippen LogP contribution in [0.2, 0.25) is 0 Å². The zero-order chi connectivity index (χ0) is 22.3. The van der Waals surface area contributed by atoms with Gasteiger partial charge in [-0.05, 0) is 54.4 Å². The summed E-state index contributed by atoms with van der Waals surface area (Å²) in [5.41, 5.74) is 3.67. The molecule has 0 bridgehead atoms. The van der Waals surface area contributed by atoms with Gasteiger partial charge in [-0.2, -0.15) is 5.10 Å². The van der Waals surface area contributed by atoms with Gasteiger partial charge in [-0.25, -0.2) is 0 Å². The van der Waals surface area contributed by atoms with E-state index in [1.807, 2.05) is 72.3 Å². The number of aryl methyl sites for hydroxylation is 1. The fourth-order valence-electron chi connectivity index (χ4n) is 3.27. The van der Waals surface area contributed by atoms with E-state index in [-0.39, 0.29) is 5.91 Å². The van der Waals surface area contributed by atoms with Crippen LogP contribution in [0.5, 0.6) is 11.5 Å². The molecule has 0 atom stereocenters. The van der Waals surface area contributed by atoms with Crippen LogP contribution >= 0.6 is 0 Å². The minimum Gasteiger partial charge on any atom is -0.497 e. The molecule has 1 aromatic heterocycles. The number of rotatable bonds is 8. The second kappa shape index (κ2) is 9.83. The van der Waals surface area contributed by atoms with E-state index in [1.165, 1.54) is 0 Å². The van der Waals surface area contributed by atoms with Crippen molar-refractivity contribution < 1.29 is 14.3 Å². The number of methoxy groups -OCH3 is 1. The molecule has 0 fully saturated rings. The van der Waals surface area contributed by atoms with Gasteiger partial charge in [-0.3, -0.25) is 9.48 Å². The van der Waals surface area contributed by atoms with Gasteiger partial charge in [0.15, 0.2) is 5.82 Å². The molecule has 0 unspecified atom stereocenters. The van der Waals surface area contributed by atoms with E-state index in [1.54, 1.807) is 19.2 Å². The smallest absolute Gasteiger partial charge is 0.256 e. The molecule has 0 saturated carbocycles. The van der Waals surface area contributed by atoms with Crippen molar-refractivity contribution in [1.82, 2.24) is 9.78 Å². The maximum absolute atomic E-state index is 12.6. The molecule has 4 rings (SSSR count). The summed E-state index contributed by atoms with van der Waals surface area (Å²) < 4.78 is 12.8. The molecule has 6 heteroatoms. The molecule has 1 amide bonds. The van der Waals surface area contributed by atoms with Crippen molar-refractivity contribution in [2.24, 2.45) is 0 Å². The molecule has 0 spiro atoms. The maximum atomic E-state index is 12.6. The van der Waals surface area contributed by atoms with E-state index < -0.39 is 0 Å². The van der Waals surface area contributed by atoms with Gasteiger partial charge >= 0.3 is 0 Å². The summed E-state index contributed by atoms with van der Waals surface area (Å²) in [5, 5.41) is 7.40. The largest absolute Gasteiger partial charge is 0.497 e. The van der Waals surface area contributed by atoms with Crippen molar-refractivity contribution in [3.63, 3.8) is 0 Å². The molecule has 0 saturated heterocycles. The number of anilines is 1. The van der Waals surface area contributed by atoms with Gasteiger partial charge in [0.05, 0.1) is 13.7 Å². The van der Waals surface area contributed by atoms with E-state index in [4.69, 9.17) is 9.47 Å². The summed E-state index contributed by atoms with van der Waals surface area (Å²) in [5.74, 6) is 1.88. The minimum atomic E-state index is -0.197. The van der Waals surface area contributed by atoms with E-state index in [2.05, 4.69) is 22.5 Å². The van der Waals surface area contributed by atoms with Crippen LogP contribution in [0.15, 0.2) is 84.9 Å². The quantitative estimate of drug-likeness (QED) is 0.426. The Morgan fingerprint density at radius 2 is 1.59 bits per heavy atom. The average Bonchev–Trinajstić information content (AvgIpc) is 3.17. The Labute approximate surface area is 187 Å². The summed E-state index contributed by atoms with van der Waals surface area (Å²) in [6.45, 7) is 3.05. The first-order chi connectivity index (χ1) is 15.6. The second-order valence-electron chi connectivity index (χ2n) is 7.43. The highest BCUT2D eigenvalue weighted by Gasteiger charge is 2.11. The number of nitrogens with one attached hydrogen (secondary N) is 1. The average molecular weight is 428 g/mol. The predicted molar refractivity (Wildman–Crippen MR) is 124 cm³/mol. The van der Waals surface area contributed by atoms with E-state index in [9.17, 15) is 4.79 Å². The molecule has 0 aliphatic carbocycles. The van der Waals surface area contributed by atoms with Crippen LogP contribution in [0.3, 0.4) is 0 Å². The lowest BCUT2D eigenvalue weighted by molar-refractivity contribution is 0.102. The molecular formula is C26H25N3O3. The van der Waals surface area contributed by atoms with Gasteiger partial charge in [-0.15, -0.1) is 0 Å². The topological polar surface area (TPSA) is 65.4 Å². The fourth-order valence-corrected chi connectivity index (χ4v) is 3.27. The van der Waals surface area contributed by atoms with Crippen molar-refractivity contribution in [1.29, 1.82) is 0 Å². The number of aromatic nitrogens is 2. The molecule has 0 aliphatic rings. The SMILES string of the molecule is COc1ccc(OCc2ccc(C(=O)Nc3cc(C)n(Cc4ccccc4)n3)cc2)cc1. The normalized spacial score (nSPS) is 10.6. The van der Waals surface area contributed by atoms with Crippen LogP contribution in [-0.2, 0) is 13.2 Å². The number of carbonyl (C=O) groups is 1. The van der Waals surface area contributed by atoms with Gasteiger partial charge in [0, 0.05) is 17.3 Å². The van der Waals surface area contributed by atoms with Crippen molar-refractivity contribution in [3.05, 3.63) is 107 Å². The molecule has 4 aromatic rings. The predicted octanol–water partition coefficient (Wildman–Crippen LogP) is 5.08. The highest BCUT2D eigenvalue weighted by molar-refractivity contribution is 6.03. The number of hydrogen-bond acceptors (Lipinski definition) is 4. The minimum absolute atomic E-state index is 0.197.